The summed E-state index contributed by atoms with van der Waals surface area (Å²) in [5, 5.41) is 14.8. The molecule has 0 unspecified atom stereocenters. The fraction of sp³-hybridized carbons (Fsp3) is 0.263. The Hall–Kier alpha value is -2.86. The van der Waals surface area contributed by atoms with Crippen molar-refractivity contribution >= 4 is 11.8 Å². The number of ether oxygens (including phenoxy) is 1. The monoisotopic (exact) mass is 342 g/mol. The number of benzene rings is 2. The third kappa shape index (κ3) is 5.06. The van der Waals surface area contributed by atoms with Crippen molar-refractivity contribution < 1.29 is 19.4 Å². The van der Waals surface area contributed by atoms with Crippen LogP contribution in [0.25, 0.3) is 0 Å². The second-order valence-electron chi connectivity index (χ2n) is 5.58. The van der Waals surface area contributed by atoms with Crippen LogP contribution >= 0.6 is 0 Å². The van der Waals surface area contributed by atoms with Crippen LogP contribution in [-0.4, -0.2) is 36.7 Å². The fourth-order valence-corrected chi connectivity index (χ4v) is 2.34. The molecule has 0 spiro atoms. The maximum atomic E-state index is 12.3. The molecule has 6 heteroatoms. The van der Waals surface area contributed by atoms with Crippen LogP contribution in [0.5, 0.6) is 5.75 Å². The number of rotatable bonds is 7. The van der Waals surface area contributed by atoms with Crippen molar-refractivity contribution in [1.82, 2.24) is 10.6 Å². The zero-order valence-corrected chi connectivity index (χ0v) is 14.2. The van der Waals surface area contributed by atoms with Gasteiger partial charge in [-0.1, -0.05) is 36.4 Å². The Labute approximate surface area is 146 Å². The van der Waals surface area contributed by atoms with Crippen molar-refractivity contribution in [1.29, 1.82) is 0 Å². The Bertz CT molecular complexity index is 718. The molecule has 3 N–H and O–H groups in total. The highest BCUT2D eigenvalue weighted by molar-refractivity contribution is 5.97. The third-order valence-electron chi connectivity index (χ3n) is 3.79. The maximum absolute atomic E-state index is 12.3. The predicted octanol–water partition coefficient (Wildman–Crippen LogP) is 1.66. The van der Waals surface area contributed by atoms with Crippen molar-refractivity contribution in [3.8, 4) is 5.75 Å². The molecule has 0 fully saturated rings. The minimum Gasteiger partial charge on any atom is -0.497 e. The van der Waals surface area contributed by atoms with Crippen molar-refractivity contribution in [3.63, 3.8) is 0 Å². The molecule has 2 aromatic carbocycles. The fourth-order valence-electron chi connectivity index (χ4n) is 2.34. The molecule has 0 saturated heterocycles. The lowest BCUT2D eigenvalue weighted by atomic mass is 10.1. The van der Waals surface area contributed by atoms with E-state index in [1.807, 2.05) is 37.3 Å². The van der Waals surface area contributed by atoms with E-state index in [4.69, 9.17) is 4.74 Å². The van der Waals surface area contributed by atoms with E-state index in [1.54, 1.807) is 24.3 Å². The van der Waals surface area contributed by atoms with Crippen LogP contribution in [0.15, 0.2) is 54.6 Å². The number of nitrogens with one attached hydrogen (secondary N) is 2. The van der Waals surface area contributed by atoms with Crippen LogP contribution in [0.2, 0.25) is 0 Å². The molecule has 0 aromatic heterocycles. The van der Waals surface area contributed by atoms with Gasteiger partial charge < -0.3 is 20.5 Å². The first-order chi connectivity index (χ1) is 12.0. The van der Waals surface area contributed by atoms with E-state index in [2.05, 4.69) is 10.6 Å². The van der Waals surface area contributed by atoms with E-state index in [0.29, 0.717) is 11.3 Å². The summed E-state index contributed by atoms with van der Waals surface area (Å²) >= 11 is 0. The maximum Gasteiger partial charge on any atom is 0.252 e. The summed E-state index contributed by atoms with van der Waals surface area (Å²) in [4.78, 5) is 24.6. The summed E-state index contributed by atoms with van der Waals surface area (Å²) in [6, 6.07) is 14.7. The molecule has 0 saturated carbocycles. The minimum absolute atomic E-state index is 0.239. The van der Waals surface area contributed by atoms with E-state index < -0.39 is 24.5 Å². The first-order valence-electron chi connectivity index (χ1n) is 7.96. The van der Waals surface area contributed by atoms with Crippen molar-refractivity contribution in [2.45, 2.75) is 19.0 Å². The van der Waals surface area contributed by atoms with Crippen molar-refractivity contribution in [2.24, 2.45) is 0 Å². The Morgan fingerprint density at radius 3 is 2.44 bits per heavy atom. The lowest BCUT2D eigenvalue weighted by molar-refractivity contribution is -0.124. The highest BCUT2D eigenvalue weighted by Gasteiger charge is 2.22. The van der Waals surface area contributed by atoms with Crippen LogP contribution < -0.4 is 15.4 Å². The van der Waals surface area contributed by atoms with Gasteiger partial charge in [0.2, 0.25) is 5.91 Å². The number of hydrogen-bond donors (Lipinski definition) is 3. The highest BCUT2D eigenvalue weighted by atomic mass is 16.5. The normalized spacial score (nSPS) is 12.8. The molecule has 0 bridgehead atoms. The van der Waals surface area contributed by atoms with Crippen molar-refractivity contribution in [3.05, 3.63) is 65.7 Å². The van der Waals surface area contributed by atoms with Crippen molar-refractivity contribution in [2.75, 3.05) is 13.7 Å². The Balaban J connectivity index is 2.00. The van der Waals surface area contributed by atoms with E-state index >= 15 is 0 Å². The standard InChI is InChI=1S/C19H22N2O4/c1-13(14-7-4-3-5-8-14)20-19(24)17(12-22)21-18(23)15-9-6-10-16(11-15)25-2/h3-11,13,17,22H,12H2,1-2H3,(H,20,24)(H,21,23)/t13-,17-/m0/s1. The first-order valence-corrected chi connectivity index (χ1v) is 7.96. The van der Waals surface area contributed by atoms with Gasteiger partial charge in [-0.25, -0.2) is 0 Å². The largest absolute Gasteiger partial charge is 0.497 e. The van der Waals surface area contributed by atoms with Gasteiger partial charge in [-0.15, -0.1) is 0 Å². The quantitative estimate of drug-likeness (QED) is 0.714. The van der Waals surface area contributed by atoms with E-state index in [-0.39, 0.29) is 6.04 Å². The summed E-state index contributed by atoms with van der Waals surface area (Å²) < 4.78 is 5.08. The lowest BCUT2D eigenvalue weighted by Gasteiger charge is -2.20. The number of amides is 2. The topological polar surface area (TPSA) is 87.7 Å². The molecular weight excluding hydrogens is 320 g/mol. The van der Waals surface area contributed by atoms with Gasteiger partial charge in [0.15, 0.2) is 0 Å². The van der Waals surface area contributed by atoms with Gasteiger partial charge in [-0.05, 0) is 30.7 Å². The lowest BCUT2D eigenvalue weighted by Crippen LogP contribution is -2.49. The molecule has 2 atom stereocenters. The highest BCUT2D eigenvalue weighted by Crippen LogP contribution is 2.13. The van der Waals surface area contributed by atoms with Crippen LogP contribution in [0.3, 0.4) is 0 Å². The molecule has 0 aliphatic rings. The van der Waals surface area contributed by atoms with Gasteiger partial charge in [0, 0.05) is 5.56 Å². The average Bonchev–Trinajstić information content (AvgIpc) is 2.66. The van der Waals surface area contributed by atoms with Gasteiger partial charge in [0.05, 0.1) is 19.8 Å². The molecule has 0 aliphatic heterocycles. The number of hydrogen-bond acceptors (Lipinski definition) is 4. The first kappa shape index (κ1) is 18.5. The van der Waals surface area contributed by atoms with Crippen LogP contribution in [0.1, 0.15) is 28.9 Å². The zero-order chi connectivity index (χ0) is 18.2. The molecule has 0 radical (unpaired) electrons. The van der Waals surface area contributed by atoms with Gasteiger partial charge in [-0.2, -0.15) is 0 Å². The van der Waals surface area contributed by atoms with Crippen LogP contribution in [-0.2, 0) is 4.79 Å². The Morgan fingerprint density at radius 2 is 1.80 bits per heavy atom. The van der Waals surface area contributed by atoms with Gasteiger partial charge >= 0.3 is 0 Å². The molecule has 25 heavy (non-hydrogen) atoms. The molecule has 0 aliphatic carbocycles. The molecule has 2 amide bonds. The van der Waals surface area contributed by atoms with Gasteiger partial charge in [0.1, 0.15) is 11.8 Å². The Kier molecular flexibility index (Phi) is 6.54. The third-order valence-corrected chi connectivity index (χ3v) is 3.79. The summed E-state index contributed by atoms with van der Waals surface area (Å²) in [5.41, 5.74) is 1.29. The van der Waals surface area contributed by atoms with Crippen LogP contribution in [0, 0.1) is 0 Å². The molecule has 2 rings (SSSR count). The number of methoxy groups -OCH3 is 1. The summed E-state index contributed by atoms with van der Waals surface area (Å²) in [5.74, 6) is -0.370. The predicted molar refractivity (Wildman–Crippen MR) is 94.3 cm³/mol. The molecule has 6 nitrogen and oxygen atoms in total. The van der Waals surface area contributed by atoms with Crippen LogP contribution in [0.4, 0.5) is 0 Å². The number of aliphatic hydroxyl groups is 1. The van der Waals surface area contributed by atoms with E-state index in [1.165, 1.54) is 7.11 Å². The number of carbonyl (C=O) groups excluding carboxylic acids is 2. The molecule has 132 valence electrons. The number of carbonyl (C=O) groups is 2. The average molecular weight is 342 g/mol. The molecular formula is C19H22N2O4. The summed E-state index contributed by atoms with van der Waals surface area (Å²) in [6.45, 7) is 1.34. The SMILES string of the molecule is COc1cccc(C(=O)N[C@@H](CO)C(=O)N[C@@H](C)c2ccccc2)c1. The second-order valence-corrected chi connectivity index (χ2v) is 5.58. The Morgan fingerprint density at radius 1 is 1.08 bits per heavy atom. The molecule has 0 heterocycles. The van der Waals surface area contributed by atoms with Gasteiger partial charge in [0.25, 0.3) is 5.91 Å². The summed E-state index contributed by atoms with van der Waals surface area (Å²) in [6.07, 6.45) is 0. The van der Waals surface area contributed by atoms with Gasteiger partial charge in [-0.3, -0.25) is 9.59 Å². The number of aliphatic hydroxyl groups excluding tert-OH is 1. The second kappa shape index (κ2) is 8.84. The zero-order valence-electron chi connectivity index (χ0n) is 14.2. The van der Waals surface area contributed by atoms with E-state index in [9.17, 15) is 14.7 Å². The summed E-state index contributed by atoms with van der Waals surface area (Å²) in [7, 11) is 1.51. The smallest absolute Gasteiger partial charge is 0.252 e. The van der Waals surface area contributed by atoms with E-state index in [0.717, 1.165) is 5.56 Å². The minimum atomic E-state index is -1.04. The molecule has 2 aromatic rings.